The molecule has 2 N–H and O–H groups in total. The van der Waals surface area contributed by atoms with E-state index >= 15 is 0 Å². The zero-order valence-corrected chi connectivity index (χ0v) is 8.54. The molecule has 0 bridgehead atoms. The number of hydrogen-bond acceptors (Lipinski definition) is 3. The third-order valence-corrected chi connectivity index (χ3v) is 1.90. The van der Waals surface area contributed by atoms with Gasteiger partial charge in [0, 0.05) is 5.56 Å². The van der Waals surface area contributed by atoms with Gasteiger partial charge in [-0.05, 0) is 25.1 Å². The van der Waals surface area contributed by atoms with Crippen LogP contribution in [0.4, 0.5) is 4.79 Å². The van der Waals surface area contributed by atoms with Crippen molar-refractivity contribution in [1.82, 2.24) is 5.48 Å². The molecule has 6 heteroatoms. The van der Waals surface area contributed by atoms with Gasteiger partial charge in [-0.3, -0.25) is 4.79 Å². The van der Waals surface area contributed by atoms with Crippen molar-refractivity contribution in [2.24, 2.45) is 0 Å². The van der Waals surface area contributed by atoms with Crippen LogP contribution >= 0.6 is 11.6 Å². The molecular weight excluding hydrogens is 222 g/mol. The van der Waals surface area contributed by atoms with E-state index in [1.807, 2.05) is 0 Å². The second-order valence-electron chi connectivity index (χ2n) is 2.71. The van der Waals surface area contributed by atoms with Gasteiger partial charge in [0.1, 0.15) is 0 Å². The van der Waals surface area contributed by atoms with Crippen molar-refractivity contribution in [2.75, 3.05) is 0 Å². The minimum atomic E-state index is -1.35. The summed E-state index contributed by atoms with van der Waals surface area (Å²) in [7, 11) is 0. The third kappa shape index (κ3) is 3.14. The van der Waals surface area contributed by atoms with Crippen LogP contribution in [0.25, 0.3) is 0 Å². The molecule has 5 nitrogen and oxygen atoms in total. The molecule has 0 atom stereocenters. The fraction of sp³-hybridized carbons (Fsp3) is 0.111. The molecule has 15 heavy (non-hydrogen) atoms. The second kappa shape index (κ2) is 4.65. The average molecular weight is 230 g/mol. The van der Waals surface area contributed by atoms with Gasteiger partial charge in [0.05, 0.1) is 5.02 Å². The lowest BCUT2D eigenvalue weighted by atomic mass is 10.1. The summed E-state index contributed by atoms with van der Waals surface area (Å²) in [6, 6.07) is 4.34. The highest BCUT2D eigenvalue weighted by atomic mass is 35.5. The SMILES string of the molecule is CC(=O)c1ccc(Cl)c(ONC(=O)O)c1. The number of nitrogens with one attached hydrogen (secondary N) is 1. The number of carbonyl (C=O) groups excluding carboxylic acids is 1. The van der Waals surface area contributed by atoms with Crippen LogP contribution in [0.1, 0.15) is 17.3 Å². The topological polar surface area (TPSA) is 75.6 Å². The highest BCUT2D eigenvalue weighted by Gasteiger charge is 2.07. The van der Waals surface area contributed by atoms with E-state index in [4.69, 9.17) is 16.7 Å². The zero-order chi connectivity index (χ0) is 11.4. The van der Waals surface area contributed by atoms with Gasteiger partial charge in [0.25, 0.3) is 0 Å². The molecule has 0 saturated heterocycles. The van der Waals surface area contributed by atoms with Crippen molar-refractivity contribution in [1.29, 1.82) is 0 Å². The molecule has 80 valence electrons. The first-order valence-corrected chi connectivity index (χ1v) is 4.35. The molecule has 0 aromatic heterocycles. The van der Waals surface area contributed by atoms with Gasteiger partial charge in [0.15, 0.2) is 11.5 Å². The molecule has 0 aliphatic rings. The molecule has 0 aliphatic heterocycles. The summed E-state index contributed by atoms with van der Waals surface area (Å²) in [6.07, 6.45) is -1.35. The van der Waals surface area contributed by atoms with Gasteiger partial charge in [-0.25, -0.2) is 4.79 Å². The number of benzene rings is 1. The number of ketones is 1. The highest BCUT2D eigenvalue weighted by Crippen LogP contribution is 2.24. The van der Waals surface area contributed by atoms with E-state index in [1.54, 1.807) is 5.48 Å². The van der Waals surface area contributed by atoms with Gasteiger partial charge in [-0.15, -0.1) is 0 Å². The normalized spacial score (nSPS) is 9.47. The Morgan fingerprint density at radius 2 is 2.13 bits per heavy atom. The quantitative estimate of drug-likeness (QED) is 0.615. The maximum Gasteiger partial charge on any atom is 0.438 e. The number of carbonyl (C=O) groups is 2. The lowest BCUT2D eigenvalue weighted by Crippen LogP contribution is -2.24. The molecule has 0 heterocycles. The molecule has 0 spiro atoms. The summed E-state index contributed by atoms with van der Waals surface area (Å²) < 4.78 is 0. The summed E-state index contributed by atoms with van der Waals surface area (Å²) in [6.45, 7) is 1.39. The van der Waals surface area contributed by atoms with E-state index in [1.165, 1.54) is 25.1 Å². The van der Waals surface area contributed by atoms with Crippen molar-refractivity contribution < 1.29 is 19.5 Å². The molecule has 1 aromatic carbocycles. The largest absolute Gasteiger partial charge is 0.463 e. The van der Waals surface area contributed by atoms with Crippen LogP contribution in [0.5, 0.6) is 5.75 Å². The van der Waals surface area contributed by atoms with Gasteiger partial charge in [0.2, 0.25) is 0 Å². The summed E-state index contributed by atoms with van der Waals surface area (Å²) in [4.78, 5) is 25.8. The minimum absolute atomic E-state index is 0.0896. The minimum Gasteiger partial charge on any atom is -0.463 e. The van der Waals surface area contributed by atoms with Gasteiger partial charge >= 0.3 is 6.09 Å². The van der Waals surface area contributed by atoms with Crippen molar-refractivity contribution in [3.63, 3.8) is 0 Å². The molecular formula is C9H8ClNO4. The van der Waals surface area contributed by atoms with Crippen molar-refractivity contribution >= 4 is 23.5 Å². The Morgan fingerprint density at radius 3 is 2.67 bits per heavy atom. The van der Waals surface area contributed by atoms with Crippen LogP contribution in [0.2, 0.25) is 5.02 Å². The predicted molar refractivity (Wildman–Crippen MR) is 53.2 cm³/mol. The van der Waals surface area contributed by atoms with Gasteiger partial charge in [-0.2, -0.15) is 5.48 Å². The third-order valence-electron chi connectivity index (χ3n) is 1.59. The number of halogens is 1. The summed E-state index contributed by atoms with van der Waals surface area (Å²) in [5.41, 5.74) is 2.08. The Bertz CT molecular complexity index is 405. The van der Waals surface area contributed by atoms with E-state index in [9.17, 15) is 9.59 Å². The van der Waals surface area contributed by atoms with E-state index < -0.39 is 6.09 Å². The standard InChI is InChI=1S/C9H8ClNO4/c1-5(12)6-2-3-7(10)8(4-6)15-11-9(13)14/h2-4,11H,1H3,(H,13,14). The average Bonchev–Trinajstić information content (AvgIpc) is 2.16. The number of rotatable bonds is 3. The van der Waals surface area contributed by atoms with E-state index in [-0.39, 0.29) is 16.6 Å². The first-order chi connectivity index (χ1) is 7.00. The van der Waals surface area contributed by atoms with Crippen LogP contribution in [0.15, 0.2) is 18.2 Å². The molecule has 0 fully saturated rings. The smallest absolute Gasteiger partial charge is 0.438 e. The van der Waals surface area contributed by atoms with E-state index in [2.05, 4.69) is 4.84 Å². The Labute approximate surface area is 90.6 Å². The van der Waals surface area contributed by atoms with Crippen LogP contribution < -0.4 is 10.3 Å². The predicted octanol–water partition coefficient (Wildman–Crippen LogP) is 2.10. The Hall–Kier alpha value is -1.75. The molecule has 0 saturated carbocycles. The van der Waals surface area contributed by atoms with Crippen molar-refractivity contribution in [3.05, 3.63) is 28.8 Å². The maximum absolute atomic E-state index is 11.0. The summed E-state index contributed by atoms with van der Waals surface area (Å²) >= 11 is 5.72. The fourth-order valence-corrected chi connectivity index (χ4v) is 1.06. The lowest BCUT2D eigenvalue weighted by Gasteiger charge is -2.06. The molecule has 0 aliphatic carbocycles. The van der Waals surface area contributed by atoms with Gasteiger partial charge in [-0.1, -0.05) is 11.6 Å². The Balaban J connectivity index is 2.90. The van der Waals surface area contributed by atoms with Crippen molar-refractivity contribution in [3.8, 4) is 5.75 Å². The monoisotopic (exact) mass is 229 g/mol. The first-order valence-electron chi connectivity index (χ1n) is 3.97. The Kier molecular flexibility index (Phi) is 3.51. The summed E-state index contributed by atoms with van der Waals surface area (Å²) in [5, 5.41) is 8.51. The molecule has 0 unspecified atom stereocenters. The summed E-state index contributed by atoms with van der Waals surface area (Å²) in [5.74, 6) is -0.0707. The van der Waals surface area contributed by atoms with Crippen LogP contribution in [0.3, 0.4) is 0 Å². The van der Waals surface area contributed by atoms with Crippen molar-refractivity contribution in [2.45, 2.75) is 6.92 Å². The van der Waals surface area contributed by atoms with E-state index in [0.29, 0.717) is 5.56 Å². The number of amides is 1. The van der Waals surface area contributed by atoms with Crippen LogP contribution in [-0.4, -0.2) is 17.0 Å². The Morgan fingerprint density at radius 1 is 1.47 bits per heavy atom. The fourth-order valence-electron chi connectivity index (χ4n) is 0.899. The first kappa shape index (κ1) is 11.3. The molecule has 1 rings (SSSR count). The lowest BCUT2D eigenvalue weighted by molar-refractivity contribution is 0.101. The zero-order valence-electron chi connectivity index (χ0n) is 7.78. The maximum atomic E-state index is 11.0. The van der Waals surface area contributed by atoms with Gasteiger partial charge < -0.3 is 9.94 Å². The number of carboxylic acid groups (broad SMARTS) is 1. The molecule has 1 aromatic rings. The highest BCUT2D eigenvalue weighted by molar-refractivity contribution is 6.32. The molecule has 1 amide bonds. The molecule has 0 radical (unpaired) electrons. The number of hydroxylamine groups is 1. The number of Topliss-reactive ketones (excluding diaryl/α,β-unsaturated/α-hetero) is 1. The van der Waals surface area contributed by atoms with Crippen LogP contribution in [0, 0.1) is 0 Å². The second-order valence-corrected chi connectivity index (χ2v) is 3.12. The van der Waals surface area contributed by atoms with E-state index in [0.717, 1.165) is 0 Å². The van der Waals surface area contributed by atoms with Crippen LogP contribution in [-0.2, 0) is 0 Å². The number of hydrogen-bond donors (Lipinski definition) is 2.